The van der Waals surface area contributed by atoms with Gasteiger partial charge in [-0.15, -0.1) is 23.4 Å². The number of benzene rings is 1. The summed E-state index contributed by atoms with van der Waals surface area (Å²) in [6.45, 7) is 2.16. The first-order chi connectivity index (χ1) is 7.79. The molecule has 0 bridgehead atoms. The number of thioether (sulfide) groups is 1. The van der Waals surface area contributed by atoms with Crippen molar-refractivity contribution in [1.82, 2.24) is 9.97 Å². The van der Waals surface area contributed by atoms with Gasteiger partial charge in [0.05, 0.1) is 17.2 Å². The van der Waals surface area contributed by atoms with Crippen LogP contribution in [-0.2, 0) is 0 Å². The Morgan fingerprint density at radius 2 is 2.06 bits per heavy atom. The van der Waals surface area contributed by atoms with Gasteiger partial charge in [-0.25, -0.2) is 4.98 Å². The maximum Gasteiger partial charge on any atom is 0.115 e. The number of fused-ring (bicyclic) bond motifs is 1. The second-order valence-electron chi connectivity index (χ2n) is 3.60. The van der Waals surface area contributed by atoms with Crippen LogP contribution in [0.15, 0.2) is 35.5 Å². The van der Waals surface area contributed by atoms with Crippen LogP contribution in [0.3, 0.4) is 0 Å². The molecule has 0 saturated heterocycles. The quantitative estimate of drug-likeness (QED) is 0.612. The molecular formula is C12H13ClN2S. The van der Waals surface area contributed by atoms with Crippen molar-refractivity contribution in [2.24, 2.45) is 0 Å². The number of rotatable bonds is 4. The van der Waals surface area contributed by atoms with Crippen molar-refractivity contribution in [1.29, 1.82) is 0 Å². The van der Waals surface area contributed by atoms with E-state index >= 15 is 0 Å². The van der Waals surface area contributed by atoms with Crippen LogP contribution in [-0.4, -0.2) is 21.1 Å². The highest BCUT2D eigenvalue weighted by molar-refractivity contribution is 7.99. The van der Waals surface area contributed by atoms with Gasteiger partial charge in [0.1, 0.15) is 5.03 Å². The van der Waals surface area contributed by atoms with Crippen molar-refractivity contribution in [2.45, 2.75) is 23.6 Å². The molecule has 2 aromatic rings. The first-order valence-electron chi connectivity index (χ1n) is 5.24. The minimum Gasteiger partial charge on any atom is -0.252 e. The molecule has 1 unspecified atom stereocenters. The zero-order valence-corrected chi connectivity index (χ0v) is 10.6. The summed E-state index contributed by atoms with van der Waals surface area (Å²) in [7, 11) is 0. The molecule has 16 heavy (non-hydrogen) atoms. The van der Waals surface area contributed by atoms with Crippen LogP contribution in [0.2, 0.25) is 0 Å². The summed E-state index contributed by atoms with van der Waals surface area (Å²) in [5.41, 5.74) is 1.89. The van der Waals surface area contributed by atoms with E-state index in [1.54, 1.807) is 11.8 Å². The normalized spacial score (nSPS) is 12.9. The molecule has 0 N–H and O–H groups in total. The lowest BCUT2D eigenvalue weighted by atomic mass is 10.3. The molecule has 84 valence electrons. The predicted octanol–water partition coefficient (Wildman–Crippen LogP) is 3.74. The molecule has 1 aromatic carbocycles. The van der Waals surface area contributed by atoms with E-state index in [9.17, 15) is 0 Å². The highest BCUT2D eigenvalue weighted by atomic mass is 35.5. The Hall–Kier alpha value is -0.800. The van der Waals surface area contributed by atoms with Crippen molar-refractivity contribution in [3.05, 3.63) is 30.5 Å². The fourth-order valence-corrected chi connectivity index (χ4v) is 2.78. The van der Waals surface area contributed by atoms with Crippen LogP contribution in [0.1, 0.15) is 13.3 Å². The van der Waals surface area contributed by atoms with Crippen LogP contribution >= 0.6 is 23.4 Å². The third-order valence-electron chi connectivity index (χ3n) is 2.26. The van der Waals surface area contributed by atoms with E-state index < -0.39 is 0 Å². The standard InChI is InChI=1S/C12H13ClN2S/c1-9(6-7-13)16-12-8-14-10-4-2-3-5-11(10)15-12/h2-5,8-9H,6-7H2,1H3. The average Bonchev–Trinajstić information content (AvgIpc) is 2.29. The maximum atomic E-state index is 5.71. The largest absolute Gasteiger partial charge is 0.252 e. The van der Waals surface area contributed by atoms with E-state index in [1.165, 1.54) is 0 Å². The average molecular weight is 253 g/mol. The van der Waals surface area contributed by atoms with Gasteiger partial charge in [-0.1, -0.05) is 19.1 Å². The van der Waals surface area contributed by atoms with Crippen molar-refractivity contribution in [2.75, 3.05) is 5.88 Å². The molecule has 0 radical (unpaired) electrons. The SMILES string of the molecule is CC(CCCl)Sc1cnc2ccccc2n1. The molecule has 4 heteroatoms. The van der Waals surface area contributed by atoms with Gasteiger partial charge in [-0.05, 0) is 18.6 Å². The zero-order chi connectivity index (χ0) is 11.4. The van der Waals surface area contributed by atoms with E-state index in [4.69, 9.17) is 11.6 Å². The monoisotopic (exact) mass is 252 g/mol. The Morgan fingerprint density at radius 1 is 1.31 bits per heavy atom. The van der Waals surface area contributed by atoms with Gasteiger partial charge in [-0.3, -0.25) is 4.98 Å². The molecule has 0 aliphatic rings. The van der Waals surface area contributed by atoms with Gasteiger partial charge in [0.25, 0.3) is 0 Å². The summed E-state index contributed by atoms with van der Waals surface area (Å²) >= 11 is 7.43. The zero-order valence-electron chi connectivity index (χ0n) is 9.06. The Kier molecular flexibility index (Phi) is 4.02. The lowest BCUT2D eigenvalue weighted by Crippen LogP contribution is -1.98. The first kappa shape index (κ1) is 11.7. The fraction of sp³-hybridized carbons (Fsp3) is 0.333. The number of hydrogen-bond acceptors (Lipinski definition) is 3. The van der Waals surface area contributed by atoms with E-state index in [0.717, 1.165) is 22.5 Å². The number of halogens is 1. The summed E-state index contributed by atoms with van der Waals surface area (Å²) in [4.78, 5) is 8.93. The van der Waals surface area contributed by atoms with Gasteiger partial charge < -0.3 is 0 Å². The molecule has 0 spiro atoms. The van der Waals surface area contributed by atoms with E-state index in [-0.39, 0.29) is 0 Å². The van der Waals surface area contributed by atoms with Crippen molar-refractivity contribution in [3.8, 4) is 0 Å². The molecule has 0 aliphatic heterocycles. The van der Waals surface area contributed by atoms with Crippen molar-refractivity contribution in [3.63, 3.8) is 0 Å². The molecule has 1 heterocycles. The fourth-order valence-electron chi connectivity index (χ4n) is 1.42. The second kappa shape index (κ2) is 5.51. The second-order valence-corrected chi connectivity index (χ2v) is 5.44. The number of nitrogens with zero attached hydrogens (tertiary/aromatic N) is 2. The molecule has 0 fully saturated rings. The summed E-state index contributed by atoms with van der Waals surface area (Å²) in [5, 5.41) is 1.45. The Bertz CT molecular complexity index is 475. The van der Waals surface area contributed by atoms with Crippen molar-refractivity contribution >= 4 is 34.4 Å². The summed E-state index contributed by atoms with van der Waals surface area (Å²) in [6, 6.07) is 7.91. The number of aromatic nitrogens is 2. The molecular weight excluding hydrogens is 240 g/mol. The predicted molar refractivity (Wildman–Crippen MR) is 70.2 cm³/mol. The molecule has 0 saturated carbocycles. The summed E-state index contributed by atoms with van der Waals surface area (Å²) in [5.74, 6) is 0.690. The first-order valence-corrected chi connectivity index (χ1v) is 6.65. The van der Waals surface area contributed by atoms with Gasteiger partial charge >= 0.3 is 0 Å². The van der Waals surface area contributed by atoms with Gasteiger partial charge in [0.2, 0.25) is 0 Å². The highest BCUT2D eigenvalue weighted by Gasteiger charge is 2.06. The molecule has 0 aliphatic carbocycles. The topological polar surface area (TPSA) is 25.8 Å². The van der Waals surface area contributed by atoms with E-state index in [2.05, 4.69) is 16.9 Å². The lowest BCUT2D eigenvalue weighted by molar-refractivity contribution is 0.907. The molecule has 2 rings (SSSR count). The smallest absolute Gasteiger partial charge is 0.115 e. The highest BCUT2D eigenvalue weighted by Crippen LogP contribution is 2.24. The Labute approximate surface area is 104 Å². The number of hydrogen-bond donors (Lipinski definition) is 0. The lowest BCUT2D eigenvalue weighted by Gasteiger charge is -2.08. The van der Waals surface area contributed by atoms with Gasteiger partial charge in [0, 0.05) is 11.1 Å². The maximum absolute atomic E-state index is 5.71. The van der Waals surface area contributed by atoms with E-state index in [0.29, 0.717) is 11.1 Å². The van der Waals surface area contributed by atoms with Crippen LogP contribution in [0.4, 0.5) is 0 Å². The molecule has 1 atom stereocenters. The van der Waals surface area contributed by atoms with E-state index in [1.807, 2.05) is 30.5 Å². The molecule has 1 aromatic heterocycles. The van der Waals surface area contributed by atoms with Crippen molar-refractivity contribution < 1.29 is 0 Å². The summed E-state index contributed by atoms with van der Waals surface area (Å²) in [6.07, 6.45) is 2.82. The third kappa shape index (κ3) is 2.86. The van der Waals surface area contributed by atoms with Crippen LogP contribution in [0.25, 0.3) is 11.0 Å². The summed E-state index contributed by atoms with van der Waals surface area (Å²) < 4.78 is 0. The number of para-hydroxylation sites is 2. The molecule has 0 amide bonds. The molecule has 2 nitrogen and oxygen atoms in total. The third-order valence-corrected chi connectivity index (χ3v) is 3.56. The minimum absolute atomic E-state index is 0.480. The number of alkyl halides is 1. The Balaban J connectivity index is 2.19. The van der Waals surface area contributed by atoms with Crippen LogP contribution in [0.5, 0.6) is 0 Å². The Morgan fingerprint density at radius 3 is 2.81 bits per heavy atom. The van der Waals surface area contributed by atoms with Gasteiger partial charge in [0.15, 0.2) is 0 Å². The van der Waals surface area contributed by atoms with Crippen LogP contribution in [0, 0.1) is 0 Å². The minimum atomic E-state index is 0.480. The van der Waals surface area contributed by atoms with Crippen LogP contribution < -0.4 is 0 Å². The van der Waals surface area contributed by atoms with Gasteiger partial charge in [-0.2, -0.15) is 0 Å².